The van der Waals surface area contributed by atoms with E-state index < -0.39 is 11.7 Å². The van der Waals surface area contributed by atoms with Crippen LogP contribution in [0.5, 0.6) is 0 Å². The van der Waals surface area contributed by atoms with E-state index in [-0.39, 0.29) is 5.56 Å². The number of aryl methyl sites for hydroxylation is 1. The Morgan fingerprint density at radius 1 is 0.824 bits per heavy atom. The van der Waals surface area contributed by atoms with Crippen LogP contribution in [-0.2, 0) is 11.8 Å². The number of amides is 1. The van der Waals surface area contributed by atoms with Gasteiger partial charge in [0.05, 0.1) is 16.9 Å². The fraction of sp³-hybridized carbons (Fsp3) is 0.172. The molecular weight excluding hydrogens is 424 g/mol. The van der Waals surface area contributed by atoms with E-state index in [0.717, 1.165) is 33.2 Å². The molecule has 0 aliphatic carbocycles. The number of nitrogens with zero attached hydrogens (tertiary/aromatic N) is 2. The molecule has 3 aromatic carbocycles. The van der Waals surface area contributed by atoms with E-state index in [1.165, 1.54) is 6.07 Å². The van der Waals surface area contributed by atoms with Gasteiger partial charge in [0.15, 0.2) is 0 Å². The van der Waals surface area contributed by atoms with Crippen LogP contribution in [0, 0.1) is 0 Å². The molecule has 0 radical (unpaired) electrons. The summed E-state index contributed by atoms with van der Waals surface area (Å²) in [6.45, 7) is 5.52. The Morgan fingerprint density at radius 3 is 2.06 bits per heavy atom. The van der Waals surface area contributed by atoms with Crippen LogP contribution in [0.4, 0.5) is 10.5 Å². The van der Waals surface area contributed by atoms with Crippen molar-refractivity contribution in [3.8, 4) is 0 Å². The zero-order chi connectivity index (χ0) is 24.0. The highest BCUT2D eigenvalue weighted by molar-refractivity contribution is 6.23. The fourth-order valence-electron chi connectivity index (χ4n) is 4.50. The highest BCUT2D eigenvalue weighted by Gasteiger charge is 2.36. The number of hydrogen-bond donors (Lipinski definition) is 0. The van der Waals surface area contributed by atoms with Crippen LogP contribution in [0.2, 0.25) is 0 Å². The SMILES string of the molecule is Cn1c(=O)cc2c3c(cccc31)C(c1ccccc1)=C(c1ccccc1)N2C(=O)OC(C)(C)C. The molecule has 1 aliphatic heterocycles. The predicted molar refractivity (Wildman–Crippen MR) is 137 cm³/mol. The third-order valence-electron chi connectivity index (χ3n) is 5.91. The molecule has 0 unspecified atom stereocenters. The largest absolute Gasteiger partial charge is 0.443 e. The first kappa shape index (κ1) is 21.7. The van der Waals surface area contributed by atoms with Crippen molar-refractivity contribution in [2.24, 2.45) is 7.05 Å². The smallest absolute Gasteiger partial charge is 0.419 e. The van der Waals surface area contributed by atoms with Gasteiger partial charge in [0, 0.05) is 24.1 Å². The van der Waals surface area contributed by atoms with Crippen LogP contribution < -0.4 is 10.5 Å². The van der Waals surface area contributed by atoms with Gasteiger partial charge in [-0.25, -0.2) is 9.69 Å². The van der Waals surface area contributed by atoms with E-state index in [4.69, 9.17) is 4.74 Å². The summed E-state index contributed by atoms with van der Waals surface area (Å²) in [7, 11) is 1.75. The van der Waals surface area contributed by atoms with Crippen molar-refractivity contribution in [3.63, 3.8) is 0 Å². The number of hydrogen-bond acceptors (Lipinski definition) is 3. The second-order valence-electron chi connectivity index (χ2n) is 9.40. The molecule has 170 valence electrons. The molecule has 1 aliphatic rings. The number of aromatic nitrogens is 1. The Labute approximate surface area is 198 Å². The first-order chi connectivity index (χ1) is 16.3. The van der Waals surface area contributed by atoms with Gasteiger partial charge in [-0.1, -0.05) is 72.8 Å². The summed E-state index contributed by atoms with van der Waals surface area (Å²) in [6.07, 6.45) is -0.524. The molecule has 4 aromatic rings. The van der Waals surface area contributed by atoms with Crippen molar-refractivity contribution < 1.29 is 9.53 Å². The van der Waals surface area contributed by atoms with Crippen LogP contribution in [0.3, 0.4) is 0 Å². The summed E-state index contributed by atoms with van der Waals surface area (Å²) in [5.74, 6) is 0. The van der Waals surface area contributed by atoms with Crippen molar-refractivity contribution in [2.75, 3.05) is 4.90 Å². The van der Waals surface area contributed by atoms with Gasteiger partial charge in [-0.15, -0.1) is 0 Å². The minimum Gasteiger partial charge on any atom is -0.443 e. The number of benzene rings is 3. The normalized spacial score (nSPS) is 13.4. The summed E-state index contributed by atoms with van der Waals surface area (Å²) in [5.41, 5.74) is 4.79. The topological polar surface area (TPSA) is 51.5 Å². The number of ether oxygens (including phenoxy) is 1. The van der Waals surface area contributed by atoms with E-state index >= 15 is 0 Å². The Morgan fingerprint density at radius 2 is 1.44 bits per heavy atom. The molecule has 0 atom stereocenters. The van der Waals surface area contributed by atoms with Gasteiger partial charge in [0.1, 0.15) is 5.60 Å². The standard InChI is InChI=1S/C29H26N2O3/c1-29(2,3)34-28(33)31-23-18-24(32)30(4)22-17-11-16-21(26(22)23)25(19-12-7-5-8-13-19)27(31)20-14-9-6-10-15-20/h5-18H,1-4H3. The zero-order valence-electron chi connectivity index (χ0n) is 19.7. The maximum atomic E-state index is 13.8. The van der Waals surface area contributed by atoms with Crippen LogP contribution in [0.15, 0.2) is 89.7 Å². The first-order valence-electron chi connectivity index (χ1n) is 11.3. The number of anilines is 1. The molecule has 34 heavy (non-hydrogen) atoms. The van der Waals surface area contributed by atoms with Crippen molar-refractivity contribution in [3.05, 3.63) is 112 Å². The average Bonchev–Trinajstić information content (AvgIpc) is 2.82. The van der Waals surface area contributed by atoms with Crippen molar-refractivity contribution in [1.29, 1.82) is 0 Å². The lowest BCUT2D eigenvalue weighted by atomic mass is 9.86. The van der Waals surface area contributed by atoms with Crippen molar-refractivity contribution >= 4 is 34.0 Å². The van der Waals surface area contributed by atoms with Gasteiger partial charge in [0.2, 0.25) is 0 Å². The van der Waals surface area contributed by atoms with Gasteiger partial charge in [-0.3, -0.25) is 4.79 Å². The lowest BCUT2D eigenvalue weighted by Gasteiger charge is -2.35. The molecule has 0 N–H and O–H groups in total. The molecule has 5 nitrogen and oxygen atoms in total. The van der Waals surface area contributed by atoms with Gasteiger partial charge >= 0.3 is 6.09 Å². The Bertz CT molecular complexity index is 1490. The van der Waals surface area contributed by atoms with Gasteiger partial charge < -0.3 is 9.30 Å². The van der Waals surface area contributed by atoms with Gasteiger partial charge in [0.25, 0.3) is 5.56 Å². The molecule has 0 fully saturated rings. The van der Waals surface area contributed by atoms with Crippen LogP contribution in [0.25, 0.3) is 22.2 Å². The van der Waals surface area contributed by atoms with E-state index in [1.54, 1.807) is 16.5 Å². The maximum Gasteiger partial charge on any atom is 0.419 e. The minimum atomic E-state index is -0.707. The number of rotatable bonds is 2. The lowest BCUT2D eigenvalue weighted by molar-refractivity contribution is 0.0600. The van der Waals surface area contributed by atoms with Gasteiger partial charge in [-0.05, 0) is 43.5 Å². The molecule has 2 heterocycles. The van der Waals surface area contributed by atoms with Crippen LogP contribution in [-0.4, -0.2) is 16.3 Å². The summed E-state index contributed by atoms with van der Waals surface area (Å²) < 4.78 is 7.49. The summed E-state index contributed by atoms with van der Waals surface area (Å²) in [4.78, 5) is 28.3. The number of carbonyl (C=O) groups excluding carboxylic acids is 1. The molecule has 0 spiro atoms. The number of carbonyl (C=O) groups is 1. The van der Waals surface area contributed by atoms with E-state index in [0.29, 0.717) is 11.4 Å². The third kappa shape index (κ3) is 3.59. The lowest BCUT2D eigenvalue weighted by Crippen LogP contribution is -2.38. The Balaban J connectivity index is 1.96. The summed E-state index contributed by atoms with van der Waals surface area (Å²) in [5, 5.41) is 0.842. The highest BCUT2D eigenvalue weighted by Crippen LogP contribution is 2.47. The van der Waals surface area contributed by atoms with E-state index in [1.807, 2.05) is 99.6 Å². The quantitative estimate of drug-likeness (QED) is 0.365. The molecule has 0 saturated carbocycles. The molecule has 0 bridgehead atoms. The minimum absolute atomic E-state index is 0.191. The molecule has 0 saturated heterocycles. The predicted octanol–water partition coefficient (Wildman–Crippen LogP) is 6.21. The zero-order valence-corrected chi connectivity index (χ0v) is 19.7. The molecule has 1 aromatic heterocycles. The second-order valence-corrected chi connectivity index (χ2v) is 9.40. The Hall–Kier alpha value is -4.12. The van der Waals surface area contributed by atoms with Gasteiger partial charge in [-0.2, -0.15) is 0 Å². The fourth-order valence-corrected chi connectivity index (χ4v) is 4.50. The van der Waals surface area contributed by atoms with Crippen LogP contribution in [0.1, 0.15) is 37.5 Å². The van der Waals surface area contributed by atoms with E-state index in [2.05, 4.69) is 0 Å². The average molecular weight is 451 g/mol. The molecular formula is C29H26N2O3. The number of pyridine rings is 1. The summed E-state index contributed by atoms with van der Waals surface area (Å²) in [6, 6.07) is 27.2. The summed E-state index contributed by atoms with van der Waals surface area (Å²) >= 11 is 0. The molecule has 1 amide bonds. The molecule has 5 rings (SSSR count). The highest BCUT2D eigenvalue weighted by atomic mass is 16.6. The monoisotopic (exact) mass is 450 g/mol. The van der Waals surface area contributed by atoms with Crippen LogP contribution >= 0.6 is 0 Å². The van der Waals surface area contributed by atoms with Crippen molar-refractivity contribution in [1.82, 2.24) is 4.57 Å². The third-order valence-corrected chi connectivity index (χ3v) is 5.91. The molecule has 5 heteroatoms. The van der Waals surface area contributed by atoms with E-state index in [9.17, 15) is 9.59 Å². The maximum absolute atomic E-state index is 13.8. The second kappa shape index (κ2) is 8.03. The van der Waals surface area contributed by atoms with Crippen molar-refractivity contribution in [2.45, 2.75) is 26.4 Å². The first-order valence-corrected chi connectivity index (χ1v) is 11.3. The Kier molecular flexibility index (Phi) is 5.13.